The highest BCUT2D eigenvalue weighted by Crippen LogP contribution is 2.18. The molecule has 14 heavy (non-hydrogen) atoms. The van der Waals surface area contributed by atoms with Gasteiger partial charge in [0.15, 0.2) is 0 Å². The van der Waals surface area contributed by atoms with Crippen LogP contribution in [0.2, 0.25) is 0 Å². The fourth-order valence-electron chi connectivity index (χ4n) is 1.24. The molecule has 0 atom stereocenters. The largest absolute Gasteiger partial charge is 0.496 e. The lowest BCUT2D eigenvalue weighted by Gasteiger charge is -2.08. The Kier molecular flexibility index (Phi) is 3.69. The summed E-state index contributed by atoms with van der Waals surface area (Å²) in [5, 5.41) is 0. The number of para-hydroxylation sites is 1. The summed E-state index contributed by atoms with van der Waals surface area (Å²) >= 11 is 0. The van der Waals surface area contributed by atoms with Gasteiger partial charge in [0.2, 0.25) is 0 Å². The number of hydrogen-bond acceptors (Lipinski definition) is 2. The van der Waals surface area contributed by atoms with Gasteiger partial charge in [-0.05, 0) is 6.07 Å². The van der Waals surface area contributed by atoms with E-state index in [1.54, 1.807) is 7.11 Å². The first kappa shape index (κ1) is 10.8. The molecule has 0 bridgehead atoms. The van der Waals surface area contributed by atoms with Gasteiger partial charge in [-0.2, -0.15) is 0 Å². The molecule has 0 saturated carbocycles. The molecule has 0 aromatic heterocycles. The van der Waals surface area contributed by atoms with Crippen molar-refractivity contribution in [3.05, 3.63) is 29.8 Å². The fourth-order valence-corrected chi connectivity index (χ4v) is 1.24. The third kappa shape index (κ3) is 2.59. The Morgan fingerprint density at radius 2 is 2.00 bits per heavy atom. The van der Waals surface area contributed by atoms with Crippen molar-refractivity contribution in [1.29, 1.82) is 0 Å². The van der Waals surface area contributed by atoms with Crippen molar-refractivity contribution in [2.24, 2.45) is 5.92 Å². The van der Waals surface area contributed by atoms with Gasteiger partial charge in [0, 0.05) is 17.9 Å². The maximum Gasteiger partial charge on any atom is 0.139 e. The van der Waals surface area contributed by atoms with Gasteiger partial charge >= 0.3 is 0 Å². The average molecular weight is 192 g/mol. The van der Waals surface area contributed by atoms with Gasteiger partial charge in [0.1, 0.15) is 11.5 Å². The summed E-state index contributed by atoms with van der Waals surface area (Å²) in [4.78, 5) is 11.5. The summed E-state index contributed by atoms with van der Waals surface area (Å²) in [6.07, 6.45) is 0.460. The molecule has 2 nitrogen and oxygen atoms in total. The normalized spacial score (nSPS) is 10.3. The topological polar surface area (TPSA) is 26.3 Å². The molecule has 0 aliphatic heterocycles. The van der Waals surface area contributed by atoms with Crippen LogP contribution < -0.4 is 4.74 Å². The van der Waals surface area contributed by atoms with Crippen LogP contribution in [0.25, 0.3) is 0 Å². The van der Waals surface area contributed by atoms with Crippen LogP contribution in [-0.2, 0) is 11.2 Å². The molecule has 0 heterocycles. The Labute approximate surface area is 84.9 Å². The van der Waals surface area contributed by atoms with Gasteiger partial charge in [-0.1, -0.05) is 32.0 Å². The van der Waals surface area contributed by atoms with E-state index >= 15 is 0 Å². The molecule has 0 spiro atoms. The standard InChI is InChI=1S/C12H16O2/c1-9(2)11(13)8-10-6-4-5-7-12(10)14-3/h4-7,9H,8H2,1-3H3. The number of benzene rings is 1. The second-order valence-corrected chi connectivity index (χ2v) is 3.61. The second kappa shape index (κ2) is 4.80. The van der Waals surface area contributed by atoms with Crippen LogP contribution in [0.5, 0.6) is 5.75 Å². The first-order valence-corrected chi connectivity index (χ1v) is 4.79. The minimum absolute atomic E-state index is 0.0833. The quantitative estimate of drug-likeness (QED) is 0.732. The van der Waals surface area contributed by atoms with E-state index in [-0.39, 0.29) is 11.7 Å². The van der Waals surface area contributed by atoms with Crippen LogP contribution in [0.4, 0.5) is 0 Å². The van der Waals surface area contributed by atoms with E-state index in [1.165, 1.54) is 0 Å². The number of hydrogen-bond donors (Lipinski definition) is 0. The third-order valence-electron chi connectivity index (χ3n) is 2.20. The minimum Gasteiger partial charge on any atom is -0.496 e. The van der Waals surface area contributed by atoms with Crippen LogP contribution in [0, 0.1) is 5.92 Å². The molecule has 0 saturated heterocycles. The SMILES string of the molecule is COc1ccccc1CC(=O)C(C)C. The molecular formula is C12H16O2. The Morgan fingerprint density at radius 1 is 1.36 bits per heavy atom. The molecular weight excluding hydrogens is 176 g/mol. The number of carbonyl (C=O) groups is 1. The molecule has 0 amide bonds. The van der Waals surface area contributed by atoms with Crippen molar-refractivity contribution in [2.75, 3.05) is 7.11 Å². The van der Waals surface area contributed by atoms with Crippen LogP contribution in [0.3, 0.4) is 0 Å². The van der Waals surface area contributed by atoms with Crippen LogP contribution in [0.15, 0.2) is 24.3 Å². The van der Waals surface area contributed by atoms with E-state index in [4.69, 9.17) is 4.74 Å². The smallest absolute Gasteiger partial charge is 0.139 e. The average Bonchev–Trinajstić information content (AvgIpc) is 2.18. The summed E-state index contributed by atoms with van der Waals surface area (Å²) in [6, 6.07) is 7.63. The van der Waals surface area contributed by atoms with E-state index in [0.29, 0.717) is 6.42 Å². The summed E-state index contributed by atoms with van der Waals surface area (Å²) in [5.74, 6) is 1.12. The molecule has 0 aliphatic carbocycles. The third-order valence-corrected chi connectivity index (χ3v) is 2.20. The maximum atomic E-state index is 11.5. The van der Waals surface area contributed by atoms with Crippen LogP contribution in [0.1, 0.15) is 19.4 Å². The first-order valence-electron chi connectivity index (χ1n) is 4.79. The lowest BCUT2D eigenvalue weighted by Crippen LogP contribution is -2.10. The van der Waals surface area contributed by atoms with Crippen molar-refractivity contribution < 1.29 is 9.53 Å². The highest BCUT2D eigenvalue weighted by molar-refractivity contribution is 5.83. The van der Waals surface area contributed by atoms with Crippen LogP contribution >= 0.6 is 0 Å². The summed E-state index contributed by atoms with van der Waals surface area (Å²) in [5.41, 5.74) is 0.966. The Bertz CT molecular complexity index is 316. The van der Waals surface area contributed by atoms with Gasteiger partial charge in [0.25, 0.3) is 0 Å². The molecule has 0 fully saturated rings. The zero-order valence-electron chi connectivity index (χ0n) is 8.91. The molecule has 1 aromatic carbocycles. The monoisotopic (exact) mass is 192 g/mol. The molecule has 0 aliphatic rings. The lowest BCUT2D eigenvalue weighted by molar-refractivity contribution is -0.121. The number of methoxy groups -OCH3 is 1. The van der Waals surface area contributed by atoms with Crippen LogP contribution in [-0.4, -0.2) is 12.9 Å². The Morgan fingerprint density at radius 3 is 2.57 bits per heavy atom. The van der Waals surface area contributed by atoms with E-state index in [2.05, 4.69) is 0 Å². The molecule has 1 aromatic rings. The molecule has 76 valence electrons. The lowest BCUT2D eigenvalue weighted by atomic mass is 10.0. The van der Waals surface area contributed by atoms with Crippen molar-refractivity contribution in [1.82, 2.24) is 0 Å². The summed E-state index contributed by atoms with van der Waals surface area (Å²) in [6.45, 7) is 3.83. The number of rotatable bonds is 4. The number of Topliss-reactive ketones (excluding diaryl/α,β-unsaturated/α-hetero) is 1. The van der Waals surface area contributed by atoms with Crippen molar-refractivity contribution in [3.63, 3.8) is 0 Å². The molecule has 2 heteroatoms. The molecule has 0 unspecified atom stereocenters. The van der Waals surface area contributed by atoms with Crippen molar-refractivity contribution in [3.8, 4) is 5.75 Å². The minimum atomic E-state index is 0.0833. The Hall–Kier alpha value is -1.31. The predicted octanol–water partition coefficient (Wildman–Crippen LogP) is 2.46. The molecule has 1 rings (SSSR count). The molecule has 0 radical (unpaired) electrons. The zero-order valence-corrected chi connectivity index (χ0v) is 8.91. The first-order chi connectivity index (χ1) is 6.65. The number of carbonyl (C=O) groups excluding carboxylic acids is 1. The predicted molar refractivity (Wildman–Crippen MR) is 56.5 cm³/mol. The number of ketones is 1. The van der Waals surface area contributed by atoms with Gasteiger partial charge in [0.05, 0.1) is 7.11 Å². The highest BCUT2D eigenvalue weighted by Gasteiger charge is 2.10. The van der Waals surface area contributed by atoms with E-state index in [1.807, 2.05) is 38.1 Å². The summed E-state index contributed by atoms with van der Waals surface area (Å²) < 4.78 is 5.17. The summed E-state index contributed by atoms with van der Waals surface area (Å²) in [7, 11) is 1.62. The van der Waals surface area contributed by atoms with E-state index in [9.17, 15) is 4.79 Å². The van der Waals surface area contributed by atoms with Gasteiger partial charge in [-0.15, -0.1) is 0 Å². The van der Waals surface area contributed by atoms with Gasteiger partial charge in [-0.3, -0.25) is 4.79 Å². The fraction of sp³-hybridized carbons (Fsp3) is 0.417. The van der Waals surface area contributed by atoms with Gasteiger partial charge in [-0.25, -0.2) is 0 Å². The van der Waals surface area contributed by atoms with Crippen molar-refractivity contribution >= 4 is 5.78 Å². The Balaban J connectivity index is 2.80. The number of ether oxygens (including phenoxy) is 1. The van der Waals surface area contributed by atoms with Gasteiger partial charge < -0.3 is 4.74 Å². The zero-order chi connectivity index (χ0) is 10.6. The second-order valence-electron chi connectivity index (χ2n) is 3.61. The molecule has 0 N–H and O–H groups in total. The highest BCUT2D eigenvalue weighted by atomic mass is 16.5. The van der Waals surface area contributed by atoms with E-state index in [0.717, 1.165) is 11.3 Å². The maximum absolute atomic E-state index is 11.5. The van der Waals surface area contributed by atoms with E-state index < -0.39 is 0 Å². The van der Waals surface area contributed by atoms with Crippen molar-refractivity contribution in [2.45, 2.75) is 20.3 Å².